The van der Waals surface area contributed by atoms with Crippen LogP contribution in [0.3, 0.4) is 0 Å². The molecule has 0 saturated heterocycles. The lowest BCUT2D eigenvalue weighted by molar-refractivity contribution is 0.354. The van der Waals surface area contributed by atoms with Crippen LogP contribution in [0.5, 0.6) is 5.75 Å². The summed E-state index contributed by atoms with van der Waals surface area (Å²) in [5.74, 6) is -0.316. The summed E-state index contributed by atoms with van der Waals surface area (Å²) in [6, 6.07) is 7.37. The number of hydrogen-bond acceptors (Lipinski definition) is 2. The molecule has 0 radical (unpaired) electrons. The van der Waals surface area contributed by atoms with E-state index < -0.39 is 11.6 Å². The molecule has 1 N–H and O–H groups in total. The van der Waals surface area contributed by atoms with Crippen LogP contribution in [-0.2, 0) is 13.0 Å². The lowest BCUT2D eigenvalue weighted by Crippen LogP contribution is -2.02. The van der Waals surface area contributed by atoms with Gasteiger partial charge in [0.1, 0.15) is 17.4 Å². The van der Waals surface area contributed by atoms with Crippen molar-refractivity contribution in [2.45, 2.75) is 13.0 Å². The fourth-order valence-electron chi connectivity index (χ4n) is 2.33. The molecule has 0 aliphatic carbocycles. The zero-order chi connectivity index (χ0) is 14.1. The van der Waals surface area contributed by atoms with Gasteiger partial charge in [0.25, 0.3) is 0 Å². The van der Waals surface area contributed by atoms with Gasteiger partial charge in [-0.05, 0) is 29.8 Å². The second kappa shape index (κ2) is 5.40. The van der Waals surface area contributed by atoms with E-state index in [2.05, 4.69) is 21.2 Å². The topological polar surface area (TPSA) is 21.3 Å². The highest BCUT2D eigenvalue weighted by atomic mass is 79.9. The summed E-state index contributed by atoms with van der Waals surface area (Å²) in [6.07, 6.45) is 0.885. The molecular formula is C15H12BrF2NO. The first-order valence-electron chi connectivity index (χ1n) is 6.26. The third-order valence-corrected chi connectivity index (χ3v) is 3.63. The summed E-state index contributed by atoms with van der Waals surface area (Å²) < 4.78 is 32.8. The zero-order valence-corrected chi connectivity index (χ0v) is 12.1. The maximum absolute atomic E-state index is 13.1. The summed E-state index contributed by atoms with van der Waals surface area (Å²) in [5, 5.41) is 3.02. The molecule has 20 heavy (non-hydrogen) atoms. The summed E-state index contributed by atoms with van der Waals surface area (Å²) in [6.45, 7) is 1.12. The number of rotatable bonds is 3. The Balaban J connectivity index is 1.82. The number of anilines is 1. The van der Waals surface area contributed by atoms with E-state index in [1.807, 2.05) is 12.1 Å². The summed E-state index contributed by atoms with van der Waals surface area (Å²) in [7, 11) is 0. The Morgan fingerprint density at radius 2 is 1.85 bits per heavy atom. The molecule has 3 rings (SSSR count). The minimum Gasteiger partial charge on any atom is -0.493 e. The van der Waals surface area contributed by atoms with Gasteiger partial charge in [-0.1, -0.05) is 15.9 Å². The summed E-state index contributed by atoms with van der Waals surface area (Å²) in [4.78, 5) is 0. The van der Waals surface area contributed by atoms with Crippen LogP contribution >= 0.6 is 15.9 Å². The predicted molar refractivity (Wildman–Crippen MR) is 77.0 cm³/mol. The zero-order valence-electron chi connectivity index (χ0n) is 10.6. The van der Waals surface area contributed by atoms with Crippen LogP contribution in [0.2, 0.25) is 0 Å². The van der Waals surface area contributed by atoms with E-state index in [1.54, 1.807) is 0 Å². The van der Waals surface area contributed by atoms with Gasteiger partial charge in [-0.25, -0.2) is 8.78 Å². The maximum Gasteiger partial charge on any atom is 0.128 e. The maximum atomic E-state index is 13.1. The van der Waals surface area contributed by atoms with Crippen molar-refractivity contribution in [1.29, 1.82) is 0 Å². The molecule has 104 valence electrons. The van der Waals surface area contributed by atoms with Gasteiger partial charge in [-0.15, -0.1) is 0 Å². The average Bonchev–Trinajstić information content (AvgIpc) is 2.82. The quantitative estimate of drug-likeness (QED) is 0.901. The molecule has 2 nitrogen and oxygen atoms in total. The normalized spacial score (nSPS) is 12.9. The van der Waals surface area contributed by atoms with Gasteiger partial charge in [0.15, 0.2) is 0 Å². The molecule has 1 heterocycles. The Labute approximate surface area is 123 Å². The van der Waals surface area contributed by atoms with Crippen molar-refractivity contribution in [3.63, 3.8) is 0 Å². The van der Waals surface area contributed by atoms with Gasteiger partial charge >= 0.3 is 0 Å². The first kappa shape index (κ1) is 13.4. The van der Waals surface area contributed by atoms with Crippen LogP contribution in [-0.4, -0.2) is 6.61 Å². The Kier molecular flexibility index (Phi) is 3.61. The minimum atomic E-state index is -0.594. The Morgan fingerprint density at radius 3 is 2.60 bits per heavy atom. The van der Waals surface area contributed by atoms with Crippen molar-refractivity contribution >= 4 is 21.6 Å². The van der Waals surface area contributed by atoms with Gasteiger partial charge in [0, 0.05) is 34.8 Å². The van der Waals surface area contributed by atoms with Crippen molar-refractivity contribution in [2.24, 2.45) is 0 Å². The molecule has 5 heteroatoms. The van der Waals surface area contributed by atoms with Crippen LogP contribution in [0.25, 0.3) is 0 Å². The Hall–Kier alpha value is -1.62. The molecular weight excluding hydrogens is 328 g/mol. The van der Waals surface area contributed by atoms with Crippen molar-refractivity contribution < 1.29 is 13.5 Å². The van der Waals surface area contributed by atoms with E-state index in [1.165, 1.54) is 12.1 Å². The molecule has 0 bridgehead atoms. The van der Waals surface area contributed by atoms with Crippen LogP contribution in [0.4, 0.5) is 14.5 Å². The SMILES string of the molecule is Fc1cc(F)cc(NCc2cc(Br)cc3c2OCC3)c1. The number of hydrogen-bond donors (Lipinski definition) is 1. The Morgan fingerprint density at radius 1 is 1.10 bits per heavy atom. The van der Waals surface area contributed by atoms with E-state index >= 15 is 0 Å². The first-order valence-corrected chi connectivity index (χ1v) is 7.05. The molecule has 2 aromatic rings. The standard InChI is InChI=1S/C15H12BrF2NO/c16-11-3-9-1-2-20-15(9)10(4-11)8-19-14-6-12(17)5-13(18)7-14/h3-7,19H,1-2,8H2. The van der Waals surface area contributed by atoms with E-state index in [0.717, 1.165) is 33.8 Å². The van der Waals surface area contributed by atoms with Gasteiger partial charge in [-0.3, -0.25) is 0 Å². The molecule has 0 unspecified atom stereocenters. The average molecular weight is 340 g/mol. The van der Waals surface area contributed by atoms with Gasteiger partial charge < -0.3 is 10.1 Å². The van der Waals surface area contributed by atoms with E-state index in [-0.39, 0.29) is 0 Å². The number of ether oxygens (including phenoxy) is 1. The van der Waals surface area contributed by atoms with Gasteiger partial charge in [0.05, 0.1) is 6.61 Å². The van der Waals surface area contributed by atoms with Gasteiger partial charge in [-0.2, -0.15) is 0 Å². The monoisotopic (exact) mass is 339 g/mol. The first-order chi connectivity index (χ1) is 9.61. The summed E-state index contributed by atoms with van der Waals surface area (Å²) >= 11 is 3.46. The number of fused-ring (bicyclic) bond motifs is 1. The third-order valence-electron chi connectivity index (χ3n) is 3.17. The molecule has 0 amide bonds. The molecule has 1 aliphatic rings. The lowest BCUT2D eigenvalue weighted by atomic mass is 10.1. The molecule has 0 spiro atoms. The highest BCUT2D eigenvalue weighted by molar-refractivity contribution is 9.10. The number of halogens is 3. The van der Waals surface area contributed by atoms with E-state index in [4.69, 9.17) is 4.74 Å². The highest BCUT2D eigenvalue weighted by Crippen LogP contribution is 2.33. The van der Waals surface area contributed by atoms with Crippen LogP contribution in [0.1, 0.15) is 11.1 Å². The number of nitrogens with one attached hydrogen (secondary N) is 1. The minimum absolute atomic E-state index is 0.411. The smallest absolute Gasteiger partial charge is 0.128 e. The van der Waals surface area contributed by atoms with Crippen molar-refractivity contribution in [3.8, 4) is 5.75 Å². The lowest BCUT2D eigenvalue weighted by Gasteiger charge is -2.11. The number of benzene rings is 2. The van der Waals surface area contributed by atoms with E-state index in [0.29, 0.717) is 18.8 Å². The summed E-state index contributed by atoms with van der Waals surface area (Å²) in [5.41, 5.74) is 2.53. The second-order valence-corrected chi connectivity index (χ2v) is 5.58. The van der Waals surface area contributed by atoms with Crippen molar-refractivity contribution in [2.75, 3.05) is 11.9 Å². The van der Waals surface area contributed by atoms with Crippen LogP contribution < -0.4 is 10.1 Å². The van der Waals surface area contributed by atoms with Crippen LogP contribution in [0.15, 0.2) is 34.8 Å². The predicted octanol–water partition coefficient (Wildman–Crippen LogP) is 4.27. The third kappa shape index (κ3) is 2.77. The molecule has 0 atom stereocenters. The largest absolute Gasteiger partial charge is 0.493 e. The second-order valence-electron chi connectivity index (χ2n) is 4.66. The molecule has 0 aromatic heterocycles. The van der Waals surface area contributed by atoms with Crippen molar-refractivity contribution in [3.05, 3.63) is 57.6 Å². The molecule has 0 saturated carbocycles. The highest BCUT2D eigenvalue weighted by Gasteiger charge is 2.17. The van der Waals surface area contributed by atoms with E-state index in [9.17, 15) is 8.78 Å². The molecule has 0 fully saturated rings. The molecule has 1 aliphatic heterocycles. The van der Waals surface area contributed by atoms with Crippen LogP contribution in [0, 0.1) is 11.6 Å². The Bertz CT molecular complexity index is 640. The molecule has 2 aromatic carbocycles. The van der Waals surface area contributed by atoms with Crippen molar-refractivity contribution in [1.82, 2.24) is 0 Å². The van der Waals surface area contributed by atoms with Gasteiger partial charge in [0.2, 0.25) is 0 Å². The fourth-order valence-corrected chi connectivity index (χ4v) is 2.88. The fraction of sp³-hybridized carbons (Fsp3) is 0.200.